The minimum Gasteiger partial charge on any atom is -0.371 e. The van der Waals surface area contributed by atoms with Gasteiger partial charge in [-0.05, 0) is 39.8 Å². The minimum atomic E-state index is -1.18. The predicted molar refractivity (Wildman–Crippen MR) is 76.1 cm³/mol. The molecule has 1 saturated heterocycles. The van der Waals surface area contributed by atoms with Crippen LogP contribution in [0, 0.1) is 6.92 Å². The van der Waals surface area contributed by atoms with Crippen molar-refractivity contribution >= 4 is 11.7 Å². The molecule has 1 heterocycles. The summed E-state index contributed by atoms with van der Waals surface area (Å²) in [6.45, 7) is 7.62. The summed E-state index contributed by atoms with van der Waals surface area (Å²) in [7, 11) is 1.78. The van der Waals surface area contributed by atoms with E-state index in [0.717, 1.165) is 11.3 Å². The monoisotopic (exact) mass is 262 g/mol. The van der Waals surface area contributed by atoms with E-state index in [1.807, 2.05) is 45.0 Å². The molecular weight excluding hydrogens is 240 g/mol. The number of aliphatic hydroxyl groups is 1. The topological polar surface area (TPSA) is 43.8 Å². The number of hydrogen-bond acceptors (Lipinski definition) is 2. The van der Waals surface area contributed by atoms with Gasteiger partial charge in [0.25, 0.3) is 0 Å². The second-order valence-electron chi connectivity index (χ2n) is 6.22. The second-order valence-corrected chi connectivity index (χ2v) is 6.22. The molecule has 0 bridgehead atoms. The summed E-state index contributed by atoms with van der Waals surface area (Å²) in [5.41, 5.74) is 0.314. The molecule has 4 heteroatoms. The van der Waals surface area contributed by atoms with Crippen molar-refractivity contribution in [2.45, 2.75) is 45.4 Å². The lowest BCUT2D eigenvalue weighted by atomic mass is 9.88. The van der Waals surface area contributed by atoms with Crippen LogP contribution in [0.15, 0.2) is 24.3 Å². The Hall–Kier alpha value is -1.55. The van der Waals surface area contributed by atoms with E-state index in [0.29, 0.717) is 6.42 Å². The Bertz CT molecular complexity index is 491. The molecule has 0 spiro atoms. The van der Waals surface area contributed by atoms with Gasteiger partial charge >= 0.3 is 6.03 Å². The summed E-state index contributed by atoms with van der Waals surface area (Å²) in [4.78, 5) is 15.7. The van der Waals surface area contributed by atoms with Crippen molar-refractivity contribution in [3.05, 3.63) is 29.8 Å². The molecular formula is C15H22N2O2. The first-order chi connectivity index (χ1) is 8.65. The van der Waals surface area contributed by atoms with Crippen molar-refractivity contribution in [2.75, 3.05) is 11.9 Å². The van der Waals surface area contributed by atoms with Gasteiger partial charge < -0.3 is 10.0 Å². The third-order valence-electron chi connectivity index (χ3n) is 3.93. The van der Waals surface area contributed by atoms with E-state index in [1.165, 1.54) is 4.90 Å². The van der Waals surface area contributed by atoms with Crippen LogP contribution in [0.1, 0.15) is 32.8 Å². The predicted octanol–water partition coefficient (Wildman–Crippen LogP) is 2.74. The molecule has 4 nitrogen and oxygen atoms in total. The molecule has 1 unspecified atom stereocenters. The molecule has 1 atom stereocenters. The lowest BCUT2D eigenvalue weighted by Gasteiger charge is -2.52. The van der Waals surface area contributed by atoms with Crippen LogP contribution < -0.4 is 4.90 Å². The minimum absolute atomic E-state index is 0.176. The molecule has 0 radical (unpaired) electrons. The van der Waals surface area contributed by atoms with Crippen LogP contribution >= 0.6 is 0 Å². The number of benzene rings is 1. The van der Waals surface area contributed by atoms with Gasteiger partial charge in [0.1, 0.15) is 5.72 Å². The van der Waals surface area contributed by atoms with E-state index in [9.17, 15) is 9.90 Å². The van der Waals surface area contributed by atoms with E-state index < -0.39 is 5.72 Å². The zero-order chi connectivity index (χ0) is 14.4. The van der Waals surface area contributed by atoms with Crippen LogP contribution in [-0.2, 0) is 0 Å². The van der Waals surface area contributed by atoms with Gasteiger partial charge in [-0.25, -0.2) is 4.79 Å². The second kappa shape index (κ2) is 4.23. The summed E-state index contributed by atoms with van der Waals surface area (Å²) >= 11 is 0. The first-order valence-corrected chi connectivity index (χ1v) is 6.52. The van der Waals surface area contributed by atoms with E-state index in [4.69, 9.17) is 0 Å². The quantitative estimate of drug-likeness (QED) is 0.845. The van der Waals surface area contributed by atoms with Crippen LogP contribution in [0.25, 0.3) is 0 Å². The van der Waals surface area contributed by atoms with Crippen molar-refractivity contribution in [1.82, 2.24) is 4.90 Å². The zero-order valence-corrected chi connectivity index (χ0v) is 12.3. The van der Waals surface area contributed by atoms with E-state index in [1.54, 1.807) is 18.9 Å². The number of carbonyl (C=O) groups is 1. The normalized spacial score (nSPS) is 26.7. The lowest BCUT2D eigenvalue weighted by Crippen LogP contribution is -2.67. The highest BCUT2D eigenvalue weighted by Crippen LogP contribution is 2.37. The van der Waals surface area contributed by atoms with Gasteiger partial charge in [0.05, 0.1) is 0 Å². The van der Waals surface area contributed by atoms with Crippen molar-refractivity contribution < 1.29 is 9.90 Å². The van der Waals surface area contributed by atoms with E-state index in [-0.39, 0.29) is 11.6 Å². The molecule has 1 fully saturated rings. The number of nitrogens with zero attached hydrogens (tertiary/aromatic N) is 2. The fourth-order valence-corrected chi connectivity index (χ4v) is 2.71. The Morgan fingerprint density at radius 2 is 1.68 bits per heavy atom. The number of rotatable bonds is 1. The number of aryl methyl sites for hydroxylation is 1. The lowest BCUT2D eigenvalue weighted by molar-refractivity contribution is -0.0182. The highest BCUT2D eigenvalue weighted by Gasteiger charge is 2.48. The molecule has 1 aliphatic rings. The summed E-state index contributed by atoms with van der Waals surface area (Å²) in [6, 6.07) is 7.45. The fraction of sp³-hybridized carbons (Fsp3) is 0.533. The maximum Gasteiger partial charge on any atom is 0.327 e. The fourth-order valence-electron chi connectivity index (χ4n) is 2.71. The first kappa shape index (κ1) is 13.9. The van der Waals surface area contributed by atoms with Gasteiger partial charge in [0.15, 0.2) is 0 Å². The molecule has 104 valence electrons. The molecule has 1 aliphatic heterocycles. The molecule has 19 heavy (non-hydrogen) atoms. The molecule has 1 aromatic rings. The number of carbonyl (C=O) groups excluding carboxylic acids is 1. The molecule has 1 N–H and O–H groups in total. The Balaban J connectivity index is 2.44. The zero-order valence-electron chi connectivity index (χ0n) is 12.3. The molecule has 0 saturated carbocycles. The number of urea groups is 1. The van der Waals surface area contributed by atoms with Gasteiger partial charge in [-0.2, -0.15) is 0 Å². The Kier molecular flexibility index (Phi) is 3.09. The van der Waals surface area contributed by atoms with Crippen molar-refractivity contribution in [1.29, 1.82) is 0 Å². The van der Waals surface area contributed by atoms with Gasteiger partial charge in [-0.15, -0.1) is 0 Å². The Morgan fingerprint density at radius 1 is 1.16 bits per heavy atom. The van der Waals surface area contributed by atoms with Crippen molar-refractivity contribution in [2.24, 2.45) is 0 Å². The van der Waals surface area contributed by atoms with Crippen LogP contribution in [0.2, 0.25) is 0 Å². The summed E-state index contributed by atoms with van der Waals surface area (Å²) in [6.07, 6.45) is 0.496. The van der Waals surface area contributed by atoms with Crippen molar-refractivity contribution in [3.63, 3.8) is 0 Å². The number of hydrogen-bond donors (Lipinski definition) is 1. The number of amides is 2. The van der Waals surface area contributed by atoms with E-state index >= 15 is 0 Å². The molecule has 1 aromatic carbocycles. The van der Waals surface area contributed by atoms with Gasteiger partial charge in [0.2, 0.25) is 0 Å². The van der Waals surface area contributed by atoms with Gasteiger partial charge in [-0.1, -0.05) is 17.7 Å². The maximum atomic E-state index is 12.5. The number of anilines is 1. The van der Waals surface area contributed by atoms with Gasteiger partial charge in [-0.3, -0.25) is 4.90 Å². The van der Waals surface area contributed by atoms with Crippen LogP contribution in [0.4, 0.5) is 10.5 Å². The van der Waals surface area contributed by atoms with Crippen LogP contribution in [0.5, 0.6) is 0 Å². The highest BCUT2D eigenvalue weighted by molar-refractivity contribution is 5.94. The first-order valence-electron chi connectivity index (χ1n) is 6.52. The Labute approximate surface area is 114 Å². The SMILES string of the molecule is Cc1ccc(N2C(=O)N(C)C(C)(C)CC2(C)O)cc1. The molecule has 0 aliphatic carbocycles. The largest absolute Gasteiger partial charge is 0.371 e. The average Bonchev–Trinajstić information content (AvgIpc) is 2.27. The Morgan fingerprint density at radius 3 is 2.21 bits per heavy atom. The molecule has 0 aromatic heterocycles. The summed E-state index contributed by atoms with van der Waals surface area (Å²) in [5, 5.41) is 10.7. The average molecular weight is 262 g/mol. The maximum absolute atomic E-state index is 12.5. The summed E-state index contributed by atoms with van der Waals surface area (Å²) < 4.78 is 0. The molecule has 2 rings (SSSR count). The van der Waals surface area contributed by atoms with Gasteiger partial charge in [0, 0.05) is 24.7 Å². The van der Waals surface area contributed by atoms with Crippen LogP contribution in [0.3, 0.4) is 0 Å². The van der Waals surface area contributed by atoms with Crippen LogP contribution in [-0.4, -0.2) is 34.3 Å². The third kappa shape index (κ3) is 2.32. The smallest absolute Gasteiger partial charge is 0.327 e. The highest BCUT2D eigenvalue weighted by atomic mass is 16.3. The van der Waals surface area contributed by atoms with E-state index in [2.05, 4.69) is 0 Å². The molecule has 2 amide bonds. The third-order valence-corrected chi connectivity index (χ3v) is 3.93. The standard InChI is InChI=1S/C15H22N2O2/c1-11-6-8-12(9-7-11)17-13(18)16(5)14(2,3)10-15(17,4)19/h6-9,19H,10H2,1-5H3. The van der Waals surface area contributed by atoms with Crippen molar-refractivity contribution in [3.8, 4) is 0 Å². The summed E-state index contributed by atoms with van der Waals surface area (Å²) in [5.74, 6) is 0.